The second kappa shape index (κ2) is 13.6. The van der Waals surface area contributed by atoms with E-state index in [9.17, 15) is 0 Å². The molecular formula is C15H26. The van der Waals surface area contributed by atoms with E-state index < -0.39 is 0 Å². The Bertz CT molecular complexity index is 159. The van der Waals surface area contributed by atoms with Gasteiger partial charge in [-0.15, -0.1) is 11.8 Å². The lowest BCUT2D eigenvalue weighted by Gasteiger charge is -1.97. The van der Waals surface area contributed by atoms with E-state index in [1.165, 1.54) is 38.5 Å². The van der Waals surface area contributed by atoms with Crippen LogP contribution in [0.4, 0.5) is 0 Å². The molecule has 0 saturated carbocycles. The van der Waals surface area contributed by atoms with Crippen LogP contribution in [0, 0.1) is 25.7 Å². The summed E-state index contributed by atoms with van der Waals surface area (Å²) < 4.78 is 0. The van der Waals surface area contributed by atoms with Crippen molar-refractivity contribution in [3.63, 3.8) is 0 Å². The highest BCUT2D eigenvalue weighted by molar-refractivity contribution is 4.98. The quantitative estimate of drug-likeness (QED) is 0.370. The number of hydrogen-bond acceptors (Lipinski definition) is 0. The molecule has 0 bridgehead atoms. The van der Waals surface area contributed by atoms with Gasteiger partial charge < -0.3 is 0 Å². The van der Waals surface area contributed by atoms with Gasteiger partial charge in [0, 0.05) is 12.8 Å². The Morgan fingerprint density at radius 2 is 1.00 bits per heavy atom. The highest BCUT2D eigenvalue weighted by atomic mass is 13.9. The summed E-state index contributed by atoms with van der Waals surface area (Å²) in [4.78, 5) is 0. The standard InChI is InChI=1S/C15H26/c1-3-5-7-9-11-13-15-14-12-10-8-6-4-2/h1-9,11,13-15H2. The van der Waals surface area contributed by atoms with Crippen molar-refractivity contribution in [2.24, 2.45) is 0 Å². The minimum atomic E-state index is 1.01. The molecule has 0 unspecified atom stereocenters. The van der Waals surface area contributed by atoms with Crippen LogP contribution in [0.3, 0.4) is 0 Å². The molecule has 0 atom stereocenters. The van der Waals surface area contributed by atoms with Crippen molar-refractivity contribution in [2.45, 2.75) is 70.6 Å². The molecule has 0 rings (SSSR count). The average Bonchev–Trinajstić information content (AvgIpc) is 2.26. The lowest BCUT2D eigenvalue weighted by atomic mass is 10.1. The summed E-state index contributed by atoms with van der Waals surface area (Å²) in [6.45, 7) is 7.64. The van der Waals surface area contributed by atoms with Gasteiger partial charge >= 0.3 is 0 Å². The Morgan fingerprint density at radius 3 is 1.60 bits per heavy atom. The molecule has 0 spiro atoms. The summed E-state index contributed by atoms with van der Waals surface area (Å²) >= 11 is 0. The van der Waals surface area contributed by atoms with Crippen molar-refractivity contribution in [1.29, 1.82) is 0 Å². The van der Waals surface area contributed by atoms with Gasteiger partial charge in [0.1, 0.15) is 0 Å². The van der Waals surface area contributed by atoms with Crippen LogP contribution in [-0.2, 0) is 0 Å². The van der Waals surface area contributed by atoms with Crippen LogP contribution >= 0.6 is 0 Å². The summed E-state index contributed by atoms with van der Waals surface area (Å²) in [5, 5.41) is 0. The van der Waals surface area contributed by atoms with Crippen LogP contribution in [0.15, 0.2) is 0 Å². The molecule has 0 aliphatic carbocycles. The van der Waals surface area contributed by atoms with Crippen molar-refractivity contribution in [3.05, 3.63) is 13.8 Å². The van der Waals surface area contributed by atoms with Crippen molar-refractivity contribution >= 4 is 0 Å². The Balaban J connectivity index is 2.99. The summed E-state index contributed by atoms with van der Waals surface area (Å²) in [6, 6.07) is 0. The highest BCUT2D eigenvalue weighted by Gasteiger charge is 1.88. The maximum absolute atomic E-state index is 3.85. The fourth-order valence-electron chi connectivity index (χ4n) is 1.49. The normalized spacial score (nSPS) is 9.73. The van der Waals surface area contributed by atoms with Crippen molar-refractivity contribution in [2.75, 3.05) is 0 Å². The molecule has 0 nitrogen and oxygen atoms in total. The van der Waals surface area contributed by atoms with Gasteiger partial charge in [-0.3, -0.25) is 0 Å². The van der Waals surface area contributed by atoms with Gasteiger partial charge in [0.25, 0.3) is 0 Å². The van der Waals surface area contributed by atoms with E-state index in [0.717, 1.165) is 32.1 Å². The molecule has 0 aromatic rings. The van der Waals surface area contributed by atoms with Crippen LogP contribution in [0.25, 0.3) is 0 Å². The molecule has 15 heavy (non-hydrogen) atoms. The first-order valence-electron chi connectivity index (χ1n) is 6.46. The zero-order valence-corrected chi connectivity index (χ0v) is 10.2. The average molecular weight is 206 g/mol. The van der Waals surface area contributed by atoms with Crippen LogP contribution in [-0.4, -0.2) is 0 Å². The zero-order valence-electron chi connectivity index (χ0n) is 10.2. The van der Waals surface area contributed by atoms with Crippen molar-refractivity contribution in [3.8, 4) is 11.8 Å². The van der Waals surface area contributed by atoms with Gasteiger partial charge in [-0.1, -0.05) is 58.8 Å². The van der Waals surface area contributed by atoms with E-state index in [1.807, 2.05) is 0 Å². The first-order chi connectivity index (χ1) is 7.41. The third kappa shape index (κ3) is 13.6. The fraction of sp³-hybridized carbons (Fsp3) is 0.733. The van der Waals surface area contributed by atoms with Crippen LogP contribution in [0.1, 0.15) is 70.6 Å². The van der Waals surface area contributed by atoms with Gasteiger partial charge in [-0.05, 0) is 12.8 Å². The molecule has 2 radical (unpaired) electrons. The molecule has 0 aliphatic rings. The van der Waals surface area contributed by atoms with Gasteiger partial charge in [0.15, 0.2) is 0 Å². The van der Waals surface area contributed by atoms with Crippen molar-refractivity contribution < 1.29 is 0 Å². The monoisotopic (exact) mass is 206 g/mol. The molecule has 0 heterocycles. The van der Waals surface area contributed by atoms with Crippen LogP contribution in [0.5, 0.6) is 0 Å². The minimum absolute atomic E-state index is 1.01. The van der Waals surface area contributed by atoms with E-state index in [2.05, 4.69) is 25.7 Å². The second-order valence-corrected chi connectivity index (χ2v) is 4.04. The molecule has 0 saturated heterocycles. The highest BCUT2D eigenvalue weighted by Crippen LogP contribution is 2.07. The Kier molecular flexibility index (Phi) is 13.2. The molecule has 0 aromatic carbocycles. The summed E-state index contributed by atoms with van der Waals surface area (Å²) in [5.41, 5.74) is 0. The predicted molar refractivity (Wildman–Crippen MR) is 69.3 cm³/mol. The number of unbranched alkanes of at least 4 members (excludes halogenated alkanes) is 9. The smallest absolute Gasteiger partial charge is 0.00886 e. The molecule has 0 N–H and O–H groups in total. The third-order valence-corrected chi connectivity index (χ3v) is 2.48. The van der Waals surface area contributed by atoms with Crippen molar-refractivity contribution in [1.82, 2.24) is 0 Å². The van der Waals surface area contributed by atoms with E-state index in [1.54, 1.807) is 0 Å². The molecule has 0 aromatic heterocycles. The summed E-state index contributed by atoms with van der Waals surface area (Å²) in [5.74, 6) is 6.43. The Hall–Kier alpha value is -0.440. The summed E-state index contributed by atoms with van der Waals surface area (Å²) in [6.07, 6.45) is 13.4. The minimum Gasteiger partial charge on any atom is -0.103 e. The van der Waals surface area contributed by atoms with Gasteiger partial charge in [0.2, 0.25) is 0 Å². The molecular weight excluding hydrogens is 180 g/mol. The maximum Gasteiger partial charge on any atom is 0.00886 e. The summed E-state index contributed by atoms with van der Waals surface area (Å²) in [7, 11) is 0. The zero-order chi connectivity index (χ0) is 11.2. The largest absolute Gasteiger partial charge is 0.103 e. The van der Waals surface area contributed by atoms with Gasteiger partial charge in [0.05, 0.1) is 0 Å². The third-order valence-electron chi connectivity index (χ3n) is 2.48. The van der Waals surface area contributed by atoms with Gasteiger partial charge in [-0.2, -0.15) is 0 Å². The van der Waals surface area contributed by atoms with Gasteiger partial charge in [-0.25, -0.2) is 0 Å². The number of hydrogen-bond donors (Lipinski definition) is 0. The Labute approximate surface area is 96.8 Å². The lowest BCUT2D eigenvalue weighted by Crippen LogP contribution is -1.79. The molecule has 86 valence electrons. The topological polar surface area (TPSA) is 0 Å². The molecule has 0 fully saturated rings. The van der Waals surface area contributed by atoms with E-state index in [0.29, 0.717) is 0 Å². The first-order valence-corrected chi connectivity index (χ1v) is 6.46. The first kappa shape index (κ1) is 14.6. The van der Waals surface area contributed by atoms with E-state index >= 15 is 0 Å². The molecule has 0 aliphatic heterocycles. The van der Waals surface area contributed by atoms with Crippen LogP contribution < -0.4 is 0 Å². The Morgan fingerprint density at radius 1 is 0.533 bits per heavy atom. The fourth-order valence-corrected chi connectivity index (χ4v) is 1.49. The van der Waals surface area contributed by atoms with E-state index in [4.69, 9.17) is 0 Å². The molecule has 0 amide bonds. The molecule has 0 heteroatoms. The SMILES string of the molecule is [CH2]CCCC#CCCCCCCCC[CH2]. The number of rotatable bonds is 9. The van der Waals surface area contributed by atoms with E-state index in [-0.39, 0.29) is 0 Å². The maximum atomic E-state index is 3.85. The van der Waals surface area contributed by atoms with Crippen LogP contribution in [0.2, 0.25) is 0 Å². The lowest BCUT2D eigenvalue weighted by molar-refractivity contribution is 0.601. The predicted octanol–water partition coefficient (Wildman–Crippen LogP) is 4.95. The second-order valence-electron chi connectivity index (χ2n) is 4.04.